The number of aryl methyl sites for hydroxylation is 1. The Hall–Kier alpha value is -0.340. The summed E-state index contributed by atoms with van der Waals surface area (Å²) >= 11 is 1.97. The minimum Gasteiger partial charge on any atom is -0.317 e. The fraction of sp³-hybridized carbons (Fsp3) is 0.636. The summed E-state index contributed by atoms with van der Waals surface area (Å²) in [7, 11) is 2.08. The predicted molar refractivity (Wildman–Crippen MR) is 58.5 cm³/mol. The quantitative estimate of drug-likeness (QED) is 0.765. The first-order valence-electron chi connectivity index (χ1n) is 5.03. The third kappa shape index (κ3) is 1.94. The summed E-state index contributed by atoms with van der Waals surface area (Å²) in [6, 6.07) is 5.31. The van der Waals surface area contributed by atoms with E-state index in [1.807, 2.05) is 11.3 Å². The molecule has 1 N–H and O–H groups in total. The normalized spacial score (nSPS) is 28.2. The van der Waals surface area contributed by atoms with Gasteiger partial charge in [-0.15, -0.1) is 11.3 Å². The maximum absolute atomic E-state index is 3.38. The molecule has 0 bridgehead atoms. The lowest BCUT2D eigenvalue weighted by molar-refractivity contribution is 0.573. The standard InChI is InChI=1S/C11H17NS/c1-8-3-6-11(13-8)9-4-5-10(7-9)12-2/h3,6,9-10,12H,4-5,7H2,1-2H3. The Balaban J connectivity index is 2.03. The Morgan fingerprint density at radius 1 is 1.38 bits per heavy atom. The highest BCUT2D eigenvalue weighted by molar-refractivity contribution is 7.12. The van der Waals surface area contributed by atoms with E-state index in [1.54, 1.807) is 4.88 Å². The minimum absolute atomic E-state index is 0.757. The molecule has 1 fully saturated rings. The lowest BCUT2D eigenvalue weighted by Gasteiger charge is -2.08. The zero-order valence-corrected chi connectivity index (χ0v) is 9.16. The number of thiophene rings is 1. The monoisotopic (exact) mass is 195 g/mol. The van der Waals surface area contributed by atoms with Crippen molar-refractivity contribution in [1.82, 2.24) is 5.32 Å². The molecule has 0 spiro atoms. The molecule has 0 aliphatic heterocycles. The van der Waals surface area contributed by atoms with E-state index in [2.05, 4.69) is 31.4 Å². The van der Waals surface area contributed by atoms with Gasteiger partial charge in [0.05, 0.1) is 0 Å². The molecule has 1 saturated carbocycles. The van der Waals surface area contributed by atoms with Gasteiger partial charge in [-0.1, -0.05) is 0 Å². The molecule has 72 valence electrons. The fourth-order valence-electron chi connectivity index (χ4n) is 2.17. The molecule has 1 heterocycles. The van der Waals surface area contributed by atoms with E-state index in [-0.39, 0.29) is 0 Å². The van der Waals surface area contributed by atoms with Crippen molar-refractivity contribution in [3.8, 4) is 0 Å². The SMILES string of the molecule is CNC1CCC(c2ccc(C)s2)C1. The van der Waals surface area contributed by atoms with Crippen molar-refractivity contribution in [2.24, 2.45) is 0 Å². The average molecular weight is 195 g/mol. The second kappa shape index (κ2) is 3.81. The highest BCUT2D eigenvalue weighted by Crippen LogP contribution is 2.37. The van der Waals surface area contributed by atoms with Crippen LogP contribution in [0.4, 0.5) is 0 Å². The molecular weight excluding hydrogens is 178 g/mol. The van der Waals surface area contributed by atoms with Crippen molar-refractivity contribution in [2.45, 2.75) is 38.1 Å². The molecule has 13 heavy (non-hydrogen) atoms. The van der Waals surface area contributed by atoms with Gasteiger partial charge in [-0.2, -0.15) is 0 Å². The van der Waals surface area contributed by atoms with E-state index in [0.29, 0.717) is 0 Å². The van der Waals surface area contributed by atoms with Crippen LogP contribution in [0.15, 0.2) is 12.1 Å². The maximum atomic E-state index is 3.38. The summed E-state index contributed by atoms with van der Waals surface area (Å²) in [5.41, 5.74) is 0. The topological polar surface area (TPSA) is 12.0 Å². The first kappa shape index (κ1) is 9.22. The van der Waals surface area contributed by atoms with Crippen molar-refractivity contribution in [1.29, 1.82) is 0 Å². The minimum atomic E-state index is 0.757. The van der Waals surface area contributed by atoms with Crippen molar-refractivity contribution in [2.75, 3.05) is 7.05 Å². The highest BCUT2D eigenvalue weighted by atomic mass is 32.1. The van der Waals surface area contributed by atoms with E-state index >= 15 is 0 Å². The Kier molecular flexibility index (Phi) is 2.70. The Morgan fingerprint density at radius 3 is 2.77 bits per heavy atom. The van der Waals surface area contributed by atoms with Crippen LogP contribution < -0.4 is 5.32 Å². The van der Waals surface area contributed by atoms with Gasteiger partial charge >= 0.3 is 0 Å². The molecule has 0 radical (unpaired) electrons. The smallest absolute Gasteiger partial charge is 0.00796 e. The van der Waals surface area contributed by atoms with Crippen LogP contribution in [-0.2, 0) is 0 Å². The Morgan fingerprint density at radius 2 is 2.23 bits per heavy atom. The van der Waals surface area contributed by atoms with Crippen LogP contribution in [0.25, 0.3) is 0 Å². The van der Waals surface area contributed by atoms with E-state index in [1.165, 1.54) is 24.1 Å². The zero-order chi connectivity index (χ0) is 9.26. The molecule has 0 aromatic carbocycles. The van der Waals surface area contributed by atoms with E-state index in [0.717, 1.165) is 12.0 Å². The largest absolute Gasteiger partial charge is 0.317 e. The molecule has 1 nitrogen and oxygen atoms in total. The fourth-order valence-corrected chi connectivity index (χ4v) is 3.20. The molecule has 2 rings (SSSR count). The first-order chi connectivity index (χ1) is 6.29. The lowest BCUT2D eigenvalue weighted by Crippen LogP contribution is -2.20. The lowest BCUT2D eigenvalue weighted by atomic mass is 10.1. The van der Waals surface area contributed by atoms with Crippen LogP contribution in [0.1, 0.15) is 34.9 Å². The van der Waals surface area contributed by atoms with Gasteiger partial charge in [0.15, 0.2) is 0 Å². The molecule has 1 aliphatic rings. The van der Waals surface area contributed by atoms with Gasteiger partial charge < -0.3 is 5.32 Å². The summed E-state index contributed by atoms with van der Waals surface area (Å²) in [6.45, 7) is 2.19. The molecule has 2 unspecified atom stereocenters. The van der Waals surface area contributed by atoms with Crippen molar-refractivity contribution in [3.05, 3.63) is 21.9 Å². The molecular formula is C11H17NS. The number of nitrogens with one attached hydrogen (secondary N) is 1. The summed E-state index contributed by atoms with van der Waals surface area (Å²) < 4.78 is 0. The second-order valence-electron chi connectivity index (χ2n) is 3.94. The number of rotatable bonds is 2. The van der Waals surface area contributed by atoms with E-state index in [9.17, 15) is 0 Å². The third-order valence-corrected chi connectivity index (χ3v) is 4.17. The Bertz CT molecular complexity index is 279. The van der Waals surface area contributed by atoms with E-state index < -0.39 is 0 Å². The third-order valence-electron chi connectivity index (χ3n) is 3.00. The van der Waals surface area contributed by atoms with Crippen LogP contribution in [0, 0.1) is 6.92 Å². The van der Waals surface area contributed by atoms with Gasteiger partial charge in [-0.05, 0) is 51.3 Å². The Labute approximate surface area is 84.2 Å². The van der Waals surface area contributed by atoms with Crippen LogP contribution in [0.5, 0.6) is 0 Å². The molecule has 2 atom stereocenters. The molecule has 1 aromatic heterocycles. The molecule has 1 aliphatic carbocycles. The van der Waals surface area contributed by atoms with Crippen molar-refractivity contribution < 1.29 is 0 Å². The van der Waals surface area contributed by atoms with Crippen molar-refractivity contribution in [3.63, 3.8) is 0 Å². The summed E-state index contributed by atoms with van der Waals surface area (Å²) in [4.78, 5) is 3.04. The highest BCUT2D eigenvalue weighted by Gasteiger charge is 2.25. The predicted octanol–water partition coefficient (Wildman–Crippen LogP) is 2.91. The van der Waals surface area contributed by atoms with Gasteiger partial charge in [-0.3, -0.25) is 0 Å². The second-order valence-corrected chi connectivity index (χ2v) is 5.26. The van der Waals surface area contributed by atoms with Gasteiger partial charge in [0.2, 0.25) is 0 Å². The average Bonchev–Trinajstić information content (AvgIpc) is 2.71. The summed E-state index contributed by atoms with van der Waals surface area (Å²) in [5.74, 6) is 0.830. The van der Waals surface area contributed by atoms with Crippen LogP contribution in [0.3, 0.4) is 0 Å². The first-order valence-corrected chi connectivity index (χ1v) is 5.85. The summed E-state index contributed by atoms with van der Waals surface area (Å²) in [5, 5.41) is 3.38. The van der Waals surface area contributed by atoms with Gasteiger partial charge in [-0.25, -0.2) is 0 Å². The van der Waals surface area contributed by atoms with Gasteiger partial charge in [0, 0.05) is 15.8 Å². The summed E-state index contributed by atoms with van der Waals surface area (Å²) in [6.07, 6.45) is 4.04. The van der Waals surface area contributed by atoms with Gasteiger partial charge in [0.25, 0.3) is 0 Å². The van der Waals surface area contributed by atoms with E-state index in [4.69, 9.17) is 0 Å². The van der Waals surface area contributed by atoms with Gasteiger partial charge in [0.1, 0.15) is 0 Å². The molecule has 0 amide bonds. The number of hydrogen-bond acceptors (Lipinski definition) is 2. The zero-order valence-electron chi connectivity index (χ0n) is 8.34. The molecule has 0 saturated heterocycles. The van der Waals surface area contributed by atoms with Crippen molar-refractivity contribution >= 4 is 11.3 Å². The maximum Gasteiger partial charge on any atom is 0.00796 e. The molecule has 1 aromatic rings. The van der Waals surface area contributed by atoms with Crippen LogP contribution in [0.2, 0.25) is 0 Å². The van der Waals surface area contributed by atoms with Crippen LogP contribution in [-0.4, -0.2) is 13.1 Å². The molecule has 2 heteroatoms. The number of hydrogen-bond donors (Lipinski definition) is 1. The van der Waals surface area contributed by atoms with Crippen LogP contribution >= 0.6 is 11.3 Å².